The molecule has 4 rings (SSSR count). The molecule has 5 nitrogen and oxygen atoms in total. The average Bonchev–Trinajstić information content (AvgIpc) is 3.28. The van der Waals surface area contributed by atoms with Crippen molar-refractivity contribution in [2.75, 3.05) is 19.6 Å². The fourth-order valence-corrected chi connectivity index (χ4v) is 4.34. The van der Waals surface area contributed by atoms with E-state index in [0.717, 1.165) is 42.6 Å². The molecule has 160 valence electrons. The number of aryl methyl sites for hydroxylation is 1. The van der Waals surface area contributed by atoms with Gasteiger partial charge in [-0.05, 0) is 74.3 Å². The van der Waals surface area contributed by atoms with E-state index in [9.17, 15) is 9.59 Å². The highest BCUT2D eigenvalue weighted by Crippen LogP contribution is 2.26. The Kier molecular flexibility index (Phi) is 6.54. The van der Waals surface area contributed by atoms with Crippen molar-refractivity contribution >= 4 is 17.5 Å². The van der Waals surface area contributed by atoms with Crippen molar-refractivity contribution in [2.24, 2.45) is 0 Å². The van der Waals surface area contributed by atoms with Crippen molar-refractivity contribution in [3.63, 3.8) is 0 Å². The Balaban J connectivity index is 1.50. The van der Waals surface area contributed by atoms with E-state index in [1.54, 1.807) is 12.1 Å². The summed E-state index contributed by atoms with van der Waals surface area (Å²) >= 11 is 6.20. The number of hydrogen-bond acceptors (Lipinski definition) is 3. The lowest BCUT2D eigenvalue weighted by Crippen LogP contribution is -2.38. The van der Waals surface area contributed by atoms with Gasteiger partial charge in [0.2, 0.25) is 0 Å². The van der Waals surface area contributed by atoms with Crippen LogP contribution in [0.3, 0.4) is 0 Å². The third-order valence-electron chi connectivity index (χ3n) is 5.75. The van der Waals surface area contributed by atoms with Gasteiger partial charge in [-0.15, -0.1) is 0 Å². The second-order valence-corrected chi connectivity index (χ2v) is 8.44. The lowest BCUT2D eigenvalue weighted by Gasteiger charge is -2.28. The predicted molar refractivity (Wildman–Crippen MR) is 125 cm³/mol. The minimum Gasteiger partial charge on any atom is -0.350 e. The summed E-state index contributed by atoms with van der Waals surface area (Å²) in [6, 6.07) is 19.0. The molecule has 6 heteroatoms. The van der Waals surface area contributed by atoms with E-state index in [2.05, 4.69) is 15.2 Å². The number of halogens is 1. The van der Waals surface area contributed by atoms with Crippen molar-refractivity contribution < 1.29 is 4.79 Å². The zero-order valence-electron chi connectivity index (χ0n) is 17.5. The number of aromatic amines is 1. The number of nitrogens with zero attached hydrogens (tertiary/aromatic N) is 1. The number of H-pyrrole nitrogens is 1. The van der Waals surface area contributed by atoms with Crippen LogP contribution in [0.15, 0.2) is 65.5 Å². The van der Waals surface area contributed by atoms with Crippen LogP contribution in [0.2, 0.25) is 5.02 Å². The minimum atomic E-state index is -0.392. The SMILES string of the molecule is Cc1cccc(-c2ccc(C(=O)NCC(c3cccc(Cl)c3)N3CCCC3)c(=O)[nH]2)c1. The number of rotatable bonds is 6. The second-order valence-electron chi connectivity index (χ2n) is 8.01. The summed E-state index contributed by atoms with van der Waals surface area (Å²) in [4.78, 5) is 30.6. The van der Waals surface area contributed by atoms with Gasteiger partial charge in [-0.1, -0.05) is 47.5 Å². The Morgan fingerprint density at radius 3 is 2.58 bits per heavy atom. The van der Waals surface area contributed by atoms with E-state index >= 15 is 0 Å². The molecule has 1 atom stereocenters. The number of likely N-dealkylation sites (tertiary alicyclic amines) is 1. The fourth-order valence-electron chi connectivity index (χ4n) is 4.14. The molecule has 2 aromatic carbocycles. The summed E-state index contributed by atoms with van der Waals surface area (Å²) in [6.45, 7) is 4.38. The van der Waals surface area contributed by atoms with Gasteiger partial charge in [0.25, 0.3) is 11.5 Å². The number of amides is 1. The van der Waals surface area contributed by atoms with E-state index in [-0.39, 0.29) is 17.5 Å². The van der Waals surface area contributed by atoms with Crippen molar-refractivity contribution in [2.45, 2.75) is 25.8 Å². The first-order valence-corrected chi connectivity index (χ1v) is 11.0. The van der Waals surface area contributed by atoms with E-state index in [1.165, 1.54) is 0 Å². The van der Waals surface area contributed by atoms with E-state index in [4.69, 9.17) is 11.6 Å². The molecule has 3 aromatic rings. The van der Waals surface area contributed by atoms with E-state index < -0.39 is 5.56 Å². The molecule has 0 radical (unpaired) electrons. The number of aromatic nitrogens is 1. The summed E-state index contributed by atoms with van der Waals surface area (Å²) in [7, 11) is 0. The highest BCUT2D eigenvalue weighted by Gasteiger charge is 2.24. The molecular weight excluding hydrogens is 410 g/mol. The van der Waals surface area contributed by atoms with Crippen LogP contribution in [0.25, 0.3) is 11.3 Å². The zero-order valence-corrected chi connectivity index (χ0v) is 18.3. The van der Waals surface area contributed by atoms with Gasteiger partial charge < -0.3 is 10.3 Å². The van der Waals surface area contributed by atoms with Gasteiger partial charge in [-0.25, -0.2) is 0 Å². The molecule has 1 unspecified atom stereocenters. The average molecular weight is 436 g/mol. The Hall–Kier alpha value is -2.89. The van der Waals surface area contributed by atoms with Gasteiger partial charge in [0.1, 0.15) is 5.56 Å². The second kappa shape index (κ2) is 9.50. The molecule has 1 aliphatic rings. The number of carbonyl (C=O) groups excluding carboxylic acids is 1. The first kappa shape index (κ1) is 21.3. The molecule has 0 bridgehead atoms. The molecule has 1 aliphatic heterocycles. The molecule has 2 heterocycles. The predicted octanol–water partition coefficient (Wildman–Crippen LogP) is 4.57. The maximum absolute atomic E-state index is 12.8. The summed E-state index contributed by atoms with van der Waals surface area (Å²) in [5.41, 5.74) is 3.51. The summed E-state index contributed by atoms with van der Waals surface area (Å²) < 4.78 is 0. The molecular formula is C25H26ClN3O2. The van der Waals surface area contributed by atoms with E-state index in [0.29, 0.717) is 17.3 Å². The first-order chi connectivity index (χ1) is 15.0. The van der Waals surface area contributed by atoms with Crippen LogP contribution >= 0.6 is 11.6 Å². The smallest absolute Gasteiger partial charge is 0.261 e. The normalized spacial score (nSPS) is 15.0. The largest absolute Gasteiger partial charge is 0.350 e. The number of pyridine rings is 1. The van der Waals surface area contributed by atoms with Crippen molar-refractivity contribution in [1.82, 2.24) is 15.2 Å². The third kappa shape index (κ3) is 5.06. The van der Waals surface area contributed by atoms with Crippen LogP contribution in [0, 0.1) is 6.92 Å². The third-order valence-corrected chi connectivity index (χ3v) is 5.99. The quantitative estimate of drug-likeness (QED) is 0.596. The van der Waals surface area contributed by atoms with Crippen LogP contribution < -0.4 is 10.9 Å². The summed E-state index contributed by atoms with van der Waals surface area (Å²) in [6.07, 6.45) is 2.29. The number of benzene rings is 2. The lowest BCUT2D eigenvalue weighted by atomic mass is 10.1. The van der Waals surface area contributed by atoms with Gasteiger partial charge in [0, 0.05) is 17.3 Å². The standard InChI is InChI=1S/C25H26ClN3O2/c1-17-6-4-7-18(14-17)22-11-10-21(25(31)28-22)24(30)27-16-23(29-12-2-3-13-29)19-8-5-9-20(26)15-19/h4-11,14-15,23H,2-3,12-13,16H2,1H3,(H,27,30)(H,28,31). The van der Waals surface area contributed by atoms with E-state index in [1.807, 2.05) is 55.5 Å². The Bertz CT molecular complexity index is 1140. The van der Waals surface area contributed by atoms with Crippen LogP contribution in [-0.2, 0) is 0 Å². The van der Waals surface area contributed by atoms with Crippen LogP contribution in [0.1, 0.15) is 40.4 Å². The molecule has 2 N–H and O–H groups in total. The minimum absolute atomic E-state index is 0.0239. The first-order valence-electron chi connectivity index (χ1n) is 10.6. The van der Waals surface area contributed by atoms with Gasteiger partial charge in [-0.2, -0.15) is 0 Å². The topological polar surface area (TPSA) is 65.2 Å². The summed E-state index contributed by atoms with van der Waals surface area (Å²) in [5.74, 6) is -0.372. The van der Waals surface area contributed by atoms with Crippen molar-refractivity contribution in [3.05, 3.63) is 92.7 Å². The highest BCUT2D eigenvalue weighted by molar-refractivity contribution is 6.30. The molecule has 1 aromatic heterocycles. The number of carbonyl (C=O) groups is 1. The van der Waals surface area contributed by atoms with Gasteiger partial charge in [0.15, 0.2) is 0 Å². The maximum atomic E-state index is 12.8. The number of nitrogens with one attached hydrogen (secondary N) is 2. The molecule has 0 aliphatic carbocycles. The number of hydrogen-bond donors (Lipinski definition) is 2. The Morgan fingerprint density at radius 2 is 1.87 bits per heavy atom. The Labute approximate surface area is 187 Å². The lowest BCUT2D eigenvalue weighted by molar-refractivity contribution is 0.0936. The van der Waals surface area contributed by atoms with Crippen LogP contribution in [-0.4, -0.2) is 35.4 Å². The van der Waals surface area contributed by atoms with Gasteiger partial charge in [-0.3, -0.25) is 14.5 Å². The molecule has 1 amide bonds. The summed E-state index contributed by atoms with van der Waals surface area (Å²) in [5, 5.41) is 3.64. The van der Waals surface area contributed by atoms with Gasteiger partial charge in [0.05, 0.1) is 6.04 Å². The molecule has 0 saturated carbocycles. The zero-order chi connectivity index (χ0) is 21.8. The van der Waals surface area contributed by atoms with Crippen molar-refractivity contribution in [3.8, 4) is 11.3 Å². The van der Waals surface area contributed by atoms with Gasteiger partial charge >= 0.3 is 0 Å². The van der Waals surface area contributed by atoms with Crippen molar-refractivity contribution in [1.29, 1.82) is 0 Å². The molecule has 31 heavy (non-hydrogen) atoms. The molecule has 0 spiro atoms. The monoisotopic (exact) mass is 435 g/mol. The molecule has 1 saturated heterocycles. The Morgan fingerprint density at radius 1 is 1.10 bits per heavy atom. The molecule has 1 fully saturated rings. The highest BCUT2D eigenvalue weighted by atomic mass is 35.5. The maximum Gasteiger partial charge on any atom is 0.261 e. The van der Waals surface area contributed by atoms with Crippen LogP contribution in [0.4, 0.5) is 0 Å². The fraction of sp³-hybridized carbons (Fsp3) is 0.280. The van der Waals surface area contributed by atoms with Crippen LogP contribution in [0.5, 0.6) is 0 Å².